The number of hydrogen-bond donors (Lipinski definition) is 0. The van der Waals surface area contributed by atoms with Gasteiger partial charge in [0.25, 0.3) is 5.91 Å². The van der Waals surface area contributed by atoms with Crippen molar-refractivity contribution in [2.45, 2.75) is 45.1 Å². The van der Waals surface area contributed by atoms with Crippen LogP contribution in [0.4, 0.5) is 14.5 Å². The molecule has 8 heteroatoms. The zero-order chi connectivity index (χ0) is 25.4. The number of hydrogen-bond acceptors (Lipinski definition) is 4. The molecule has 0 bridgehead atoms. The van der Waals surface area contributed by atoms with Crippen LogP contribution in [0.5, 0.6) is 5.75 Å². The summed E-state index contributed by atoms with van der Waals surface area (Å²) in [7, 11) is 0. The average Bonchev–Trinajstić information content (AvgIpc) is 2.85. The van der Waals surface area contributed by atoms with Gasteiger partial charge < -0.3 is 9.47 Å². The number of ether oxygens (including phenoxy) is 2. The Kier molecular flexibility index (Phi) is 9.41. The summed E-state index contributed by atoms with van der Waals surface area (Å²) >= 11 is 6.08. The predicted molar refractivity (Wildman–Crippen MR) is 131 cm³/mol. The van der Waals surface area contributed by atoms with Crippen LogP contribution in [0.3, 0.4) is 0 Å². The maximum Gasteiger partial charge on any atom is 0.265 e. The Balaban J connectivity index is 1.87. The van der Waals surface area contributed by atoms with Gasteiger partial charge in [-0.3, -0.25) is 9.59 Å². The molecule has 35 heavy (non-hydrogen) atoms. The topological polar surface area (TPSA) is 55.8 Å². The first-order chi connectivity index (χ1) is 16.8. The fourth-order valence-electron chi connectivity index (χ4n) is 3.62. The summed E-state index contributed by atoms with van der Waals surface area (Å²) in [5.74, 6) is -0.871. The van der Waals surface area contributed by atoms with Gasteiger partial charge in [0.15, 0.2) is 6.10 Å². The first-order valence-electron chi connectivity index (χ1n) is 11.3. The third kappa shape index (κ3) is 7.14. The lowest BCUT2D eigenvalue weighted by molar-refractivity contribution is -0.119. The number of amides is 2. The maximum absolute atomic E-state index is 15.0. The van der Waals surface area contributed by atoms with Crippen molar-refractivity contribution in [3.8, 4) is 18.1 Å². The molecule has 1 aliphatic rings. The highest BCUT2D eigenvalue weighted by Gasteiger charge is 2.29. The molecule has 3 rings (SSSR count). The summed E-state index contributed by atoms with van der Waals surface area (Å²) in [5.41, 5.74) is 0.660. The number of anilines is 1. The summed E-state index contributed by atoms with van der Waals surface area (Å²) in [4.78, 5) is 27.1. The largest absolute Gasteiger partial charge is 0.476 e. The summed E-state index contributed by atoms with van der Waals surface area (Å²) < 4.78 is 39.9. The molecule has 0 aromatic heterocycles. The molecule has 2 aromatic carbocycles. The number of nitrogens with zero attached hydrogens (tertiary/aromatic N) is 1. The molecule has 2 amide bonds. The number of carbonyl (C=O) groups is 2. The Morgan fingerprint density at radius 1 is 1.23 bits per heavy atom. The molecule has 0 spiro atoms. The fourth-order valence-corrected chi connectivity index (χ4v) is 3.82. The monoisotopic (exact) mass is 501 g/mol. The number of imide groups is 1. The minimum Gasteiger partial charge on any atom is -0.476 e. The highest BCUT2D eigenvalue weighted by molar-refractivity contribution is 6.32. The van der Waals surface area contributed by atoms with E-state index in [2.05, 4.69) is 12.0 Å². The van der Waals surface area contributed by atoms with Gasteiger partial charge in [0.2, 0.25) is 5.91 Å². The van der Waals surface area contributed by atoms with Gasteiger partial charge in [-0.2, -0.15) is 0 Å². The van der Waals surface area contributed by atoms with E-state index in [4.69, 9.17) is 27.5 Å². The predicted octanol–water partition coefficient (Wildman–Crippen LogP) is 6.10. The lowest BCUT2D eigenvalue weighted by Gasteiger charge is -2.23. The molecule has 5 nitrogen and oxygen atoms in total. The molecular formula is C27H26ClF2NO4. The first kappa shape index (κ1) is 26.4. The molecule has 0 N–H and O–H groups in total. The Morgan fingerprint density at radius 3 is 2.71 bits per heavy atom. The van der Waals surface area contributed by atoms with Crippen molar-refractivity contribution >= 4 is 29.1 Å². The van der Waals surface area contributed by atoms with Crippen molar-refractivity contribution < 1.29 is 27.8 Å². The Bertz CT molecular complexity index is 1160. The molecule has 1 unspecified atom stereocenters. The van der Waals surface area contributed by atoms with Crippen LogP contribution in [-0.4, -0.2) is 31.1 Å². The smallest absolute Gasteiger partial charge is 0.265 e. The quantitative estimate of drug-likeness (QED) is 0.237. The number of carbonyl (C=O) groups excluding carboxylic acids is 2. The van der Waals surface area contributed by atoms with Crippen LogP contribution >= 0.6 is 11.6 Å². The van der Waals surface area contributed by atoms with E-state index in [9.17, 15) is 14.0 Å². The molecule has 2 aromatic rings. The number of rotatable bonds is 9. The van der Waals surface area contributed by atoms with Crippen molar-refractivity contribution in [1.82, 2.24) is 0 Å². The van der Waals surface area contributed by atoms with Crippen molar-refractivity contribution in [3.63, 3.8) is 0 Å². The zero-order valence-electron chi connectivity index (χ0n) is 19.4. The summed E-state index contributed by atoms with van der Waals surface area (Å²) in [6.07, 6.45) is 10.8. The van der Waals surface area contributed by atoms with Gasteiger partial charge in [0.1, 0.15) is 17.4 Å². The molecule has 0 heterocycles. The first-order valence-corrected chi connectivity index (χ1v) is 11.7. The second-order valence-electron chi connectivity index (χ2n) is 8.12. The van der Waals surface area contributed by atoms with Crippen LogP contribution in [0.15, 0.2) is 48.0 Å². The van der Waals surface area contributed by atoms with Gasteiger partial charge in [-0.05, 0) is 62.4 Å². The number of benzene rings is 2. The van der Waals surface area contributed by atoms with Crippen molar-refractivity contribution in [2.75, 3.05) is 18.1 Å². The third-order valence-corrected chi connectivity index (χ3v) is 5.73. The van der Waals surface area contributed by atoms with E-state index in [1.54, 1.807) is 6.92 Å². The van der Waals surface area contributed by atoms with Crippen LogP contribution in [0.1, 0.15) is 49.4 Å². The van der Waals surface area contributed by atoms with Crippen LogP contribution in [0.2, 0.25) is 5.02 Å². The molecule has 0 radical (unpaired) electrons. The number of terminal acetylenes is 1. The van der Waals surface area contributed by atoms with E-state index < -0.39 is 29.6 Å². The minimum atomic E-state index is -0.929. The van der Waals surface area contributed by atoms with Crippen LogP contribution in [-0.2, 0) is 9.53 Å². The standard InChI is InChI=1S/C27H26ClF2NO4/c1-3-18(2)35-25-16-24(23(30)15-22(25)28)31(27(33)20-10-7-11-21(29)14-20)26(32)12-13-34-17-19-8-5-4-6-9-19/h1,7-8,10-11,14-16,18H,4-6,9,12-13,17H2,2H3. The molecule has 1 atom stereocenters. The number of halogens is 3. The summed E-state index contributed by atoms with van der Waals surface area (Å²) in [6, 6.07) is 6.86. The SMILES string of the molecule is C#CC(C)Oc1cc(N(C(=O)CCOCC2=CCCCC2)C(=O)c2cccc(F)c2)c(F)cc1Cl. The maximum atomic E-state index is 15.0. The van der Waals surface area contributed by atoms with E-state index in [1.807, 2.05) is 0 Å². The molecular weight excluding hydrogens is 476 g/mol. The third-order valence-electron chi connectivity index (χ3n) is 5.44. The van der Waals surface area contributed by atoms with E-state index >= 15 is 4.39 Å². The molecule has 184 valence electrons. The van der Waals surface area contributed by atoms with Crippen molar-refractivity contribution in [1.29, 1.82) is 0 Å². The van der Waals surface area contributed by atoms with Crippen LogP contribution < -0.4 is 9.64 Å². The van der Waals surface area contributed by atoms with Gasteiger partial charge in [-0.1, -0.05) is 29.7 Å². The molecule has 1 aliphatic carbocycles. The molecule has 0 saturated carbocycles. The Labute approximate surface area is 208 Å². The highest BCUT2D eigenvalue weighted by Crippen LogP contribution is 2.34. The van der Waals surface area contributed by atoms with Gasteiger partial charge in [-0.15, -0.1) is 6.42 Å². The van der Waals surface area contributed by atoms with Gasteiger partial charge in [-0.25, -0.2) is 13.7 Å². The summed E-state index contributed by atoms with van der Waals surface area (Å²) in [6.45, 7) is 2.00. The highest BCUT2D eigenvalue weighted by atomic mass is 35.5. The van der Waals surface area contributed by atoms with Crippen molar-refractivity contribution in [3.05, 3.63) is 70.3 Å². The normalized spacial score (nSPS) is 14.0. The zero-order valence-corrected chi connectivity index (χ0v) is 20.1. The van der Waals surface area contributed by atoms with Crippen molar-refractivity contribution in [2.24, 2.45) is 0 Å². The Hall–Kier alpha value is -3.21. The van der Waals surface area contributed by atoms with Gasteiger partial charge >= 0.3 is 0 Å². The van der Waals surface area contributed by atoms with Gasteiger partial charge in [0.05, 0.1) is 30.3 Å². The average molecular weight is 502 g/mol. The molecule has 0 aliphatic heterocycles. The van der Waals surface area contributed by atoms with E-state index in [0.717, 1.165) is 49.9 Å². The second kappa shape index (κ2) is 12.5. The lowest BCUT2D eigenvalue weighted by atomic mass is 10.0. The summed E-state index contributed by atoms with van der Waals surface area (Å²) in [5, 5.41) is -0.0805. The van der Waals surface area contributed by atoms with E-state index in [1.165, 1.54) is 17.7 Å². The van der Waals surface area contributed by atoms with Crippen LogP contribution in [0.25, 0.3) is 0 Å². The molecule has 0 fully saturated rings. The molecule has 0 saturated heterocycles. The number of allylic oxidation sites excluding steroid dienone is 1. The minimum absolute atomic E-state index is 0.00107. The van der Waals surface area contributed by atoms with Gasteiger partial charge in [0, 0.05) is 11.6 Å². The van der Waals surface area contributed by atoms with E-state index in [0.29, 0.717) is 11.5 Å². The lowest BCUT2D eigenvalue weighted by Crippen LogP contribution is -2.38. The van der Waals surface area contributed by atoms with Crippen LogP contribution in [0, 0.1) is 24.0 Å². The fraction of sp³-hybridized carbons (Fsp3) is 0.333. The second-order valence-corrected chi connectivity index (χ2v) is 8.52. The Morgan fingerprint density at radius 2 is 2.03 bits per heavy atom. The van der Waals surface area contributed by atoms with E-state index in [-0.39, 0.29) is 35.1 Å².